The number of aryl methyl sites for hydroxylation is 1. The highest BCUT2D eigenvalue weighted by Gasteiger charge is 2.35. The predicted molar refractivity (Wildman–Crippen MR) is 115 cm³/mol. The minimum Gasteiger partial charge on any atom is -0.496 e. The summed E-state index contributed by atoms with van der Waals surface area (Å²) in [6.45, 7) is 1.57. The molecule has 0 spiro atoms. The van der Waals surface area contributed by atoms with E-state index < -0.39 is 17.8 Å². The molecule has 0 bridgehead atoms. The van der Waals surface area contributed by atoms with Gasteiger partial charge in [0, 0.05) is 16.8 Å². The quantitative estimate of drug-likeness (QED) is 0.274. The monoisotopic (exact) mass is 445 g/mol. The Bertz CT molecular complexity index is 1120. The second kappa shape index (κ2) is 9.61. The number of carbonyl (C=O) groups is 1. The number of benzene rings is 3. The van der Waals surface area contributed by atoms with E-state index in [9.17, 15) is 18.0 Å². The molecule has 0 aliphatic rings. The summed E-state index contributed by atoms with van der Waals surface area (Å²) in [5, 5.41) is 2.53. The van der Waals surface area contributed by atoms with Crippen molar-refractivity contribution in [3.05, 3.63) is 77.4 Å². The number of anilines is 1. The summed E-state index contributed by atoms with van der Waals surface area (Å²) in [6.07, 6.45) is -4.64. The number of ether oxygens (including phenoxy) is 2. The highest BCUT2D eigenvalue weighted by Crippen LogP contribution is 2.41. The lowest BCUT2D eigenvalue weighted by Gasteiger charge is -2.18. The summed E-state index contributed by atoms with van der Waals surface area (Å²) in [5.74, 6) is 5.23. The molecule has 3 aromatic carbocycles. The van der Waals surface area contributed by atoms with Crippen LogP contribution in [-0.2, 0) is 12.8 Å². The highest BCUT2D eigenvalue weighted by molar-refractivity contribution is 5.89. The maximum absolute atomic E-state index is 13.8. The zero-order chi connectivity index (χ0) is 23.3. The lowest BCUT2D eigenvalue weighted by atomic mass is 10.0. The fraction of sp³-hybridized carbons (Fsp3) is 0.174. The van der Waals surface area contributed by atoms with E-state index in [0.717, 1.165) is 11.6 Å². The van der Waals surface area contributed by atoms with Crippen molar-refractivity contribution in [1.29, 1.82) is 0 Å². The Morgan fingerprint density at radius 3 is 2.47 bits per heavy atom. The van der Waals surface area contributed by atoms with Crippen molar-refractivity contribution in [1.82, 2.24) is 5.43 Å². The van der Waals surface area contributed by atoms with Crippen LogP contribution in [0.4, 0.5) is 23.7 Å². The van der Waals surface area contributed by atoms with Crippen LogP contribution in [0.2, 0.25) is 0 Å². The SMILES string of the molecule is COc1ccccc1-c1ccc(OCc2c(C)cccc2NC(=O)NN)c(C(F)(F)F)c1. The van der Waals surface area contributed by atoms with Gasteiger partial charge in [0.05, 0.1) is 12.7 Å². The first-order chi connectivity index (χ1) is 15.2. The van der Waals surface area contributed by atoms with E-state index in [4.69, 9.17) is 15.3 Å². The molecule has 0 saturated carbocycles. The Kier molecular flexibility index (Phi) is 6.89. The first-order valence-corrected chi connectivity index (χ1v) is 9.58. The Morgan fingerprint density at radius 1 is 1.03 bits per heavy atom. The minimum atomic E-state index is -4.64. The van der Waals surface area contributed by atoms with Gasteiger partial charge in [0.1, 0.15) is 18.1 Å². The van der Waals surface area contributed by atoms with E-state index in [-0.39, 0.29) is 12.4 Å². The van der Waals surface area contributed by atoms with Crippen LogP contribution in [-0.4, -0.2) is 13.1 Å². The third-order valence-corrected chi connectivity index (χ3v) is 4.86. The van der Waals surface area contributed by atoms with Gasteiger partial charge in [-0.2, -0.15) is 13.2 Å². The molecule has 0 atom stereocenters. The molecule has 4 N–H and O–H groups in total. The Balaban J connectivity index is 1.95. The number of amides is 2. The van der Waals surface area contributed by atoms with Crippen molar-refractivity contribution in [3.8, 4) is 22.6 Å². The van der Waals surface area contributed by atoms with Crippen molar-refractivity contribution in [2.45, 2.75) is 19.7 Å². The fourth-order valence-electron chi connectivity index (χ4n) is 3.25. The topological polar surface area (TPSA) is 85.6 Å². The number of para-hydroxylation sites is 1. The highest BCUT2D eigenvalue weighted by atomic mass is 19.4. The summed E-state index contributed by atoms with van der Waals surface area (Å²) >= 11 is 0. The molecular weight excluding hydrogens is 423 g/mol. The molecule has 0 unspecified atom stereocenters. The van der Waals surface area contributed by atoms with Crippen molar-refractivity contribution in [2.24, 2.45) is 5.84 Å². The summed E-state index contributed by atoms with van der Waals surface area (Å²) in [7, 11) is 1.46. The summed E-state index contributed by atoms with van der Waals surface area (Å²) in [6, 6.07) is 15.1. The van der Waals surface area contributed by atoms with Gasteiger partial charge in [0.25, 0.3) is 0 Å². The maximum Gasteiger partial charge on any atom is 0.419 e. The maximum atomic E-state index is 13.8. The van der Waals surface area contributed by atoms with E-state index in [1.54, 1.807) is 55.5 Å². The van der Waals surface area contributed by atoms with Crippen LogP contribution < -0.4 is 26.1 Å². The van der Waals surface area contributed by atoms with Gasteiger partial charge in [-0.1, -0.05) is 36.4 Å². The predicted octanol–water partition coefficient (Wildman–Crippen LogP) is 5.26. The summed E-state index contributed by atoms with van der Waals surface area (Å²) < 4.78 is 52.4. The molecule has 6 nitrogen and oxygen atoms in total. The average Bonchev–Trinajstić information content (AvgIpc) is 2.78. The number of hydrogen-bond donors (Lipinski definition) is 3. The number of hydrazine groups is 1. The molecule has 168 valence electrons. The van der Waals surface area contributed by atoms with Gasteiger partial charge in [0.15, 0.2) is 0 Å². The third-order valence-electron chi connectivity index (χ3n) is 4.86. The van der Waals surface area contributed by atoms with Gasteiger partial charge in [-0.3, -0.25) is 5.43 Å². The normalized spacial score (nSPS) is 11.1. The number of nitrogens with two attached hydrogens (primary N) is 1. The van der Waals surface area contributed by atoms with E-state index >= 15 is 0 Å². The number of hydrogen-bond acceptors (Lipinski definition) is 4. The molecule has 0 aliphatic heterocycles. The first-order valence-electron chi connectivity index (χ1n) is 9.58. The van der Waals surface area contributed by atoms with Crippen molar-refractivity contribution in [3.63, 3.8) is 0 Å². The van der Waals surface area contributed by atoms with E-state index in [1.807, 2.05) is 5.43 Å². The Morgan fingerprint density at radius 2 is 1.78 bits per heavy atom. The Hall–Kier alpha value is -3.72. The van der Waals surface area contributed by atoms with E-state index in [2.05, 4.69) is 5.32 Å². The van der Waals surface area contributed by atoms with Crippen LogP contribution in [0.25, 0.3) is 11.1 Å². The number of carbonyl (C=O) groups excluding carboxylic acids is 1. The van der Waals surface area contributed by atoms with Gasteiger partial charge in [-0.25, -0.2) is 10.6 Å². The number of urea groups is 1. The standard InChI is InChI=1S/C23H22F3N3O3/c1-14-6-5-8-19(28-22(30)29-27)17(14)13-32-21-11-10-15(12-18(21)23(24,25)26)16-7-3-4-9-20(16)31-2/h3-12H,13,27H2,1-2H3,(H2,28,29,30). The number of halogens is 3. The summed E-state index contributed by atoms with van der Waals surface area (Å²) in [5.41, 5.74) is 3.55. The lowest BCUT2D eigenvalue weighted by molar-refractivity contribution is -0.139. The second-order valence-corrected chi connectivity index (χ2v) is 6.90. The number of rotatable bonds is 6. The van der Waals surface area contributed by atoms with Crippen LogP contribution in [0.5, 0.6) is 11.5 Å². The Labute approximate surface area is 183 Å². The molecule has 3 rings (SSSR count). The van der Waals surface area contributed by atoms with Crippen LogP contribution in [0, 0.1) is 6.92 Å². The van der Waals surface area contributed by atoms with Gasteiger partial charge >= 0.3 is 12.2 Å². The van der Waals surface area contributed by atoms with Crippen LogP contribution >= 0.6 is 0 Å². The van der Waals surface area contributed by atoms with Gasteiger partial charge in [-0.05, 0) is 42.3 Å². The van der Waals surface area contributed by atoms with Crippen molar-refractivity contribution < 1.29 is 27.4 Å². The van der Waals surface area contributed by atoms with Gasteiger partial charge in [0.2, 0.25) is 0 Å². The molecule has 0 aliphatic carbocycles. The zero-order valence-electron chi connectivity index (χ0n) is 17.4. The molecule has 9 heteroatoms. The number of alkyl halides is 3. The van der Waals surface area contributed by atoms with Crippen LogP contribution in [0.1, 0.15) is 16.7 Å². The van der Waals surface area contributed by atoms with E-state index in [0.29, 0.717) is 28.1 Å². The molecule has 0 saturated heterocycles. The molecule has 0 fully saturated rings. The lowest BCUT2D eigenvalue weighted by Crippen LogP contribution is -2.34. The third kappa shape index (κ3) is 5.12. The van der Waals surface area contributed by atoms with Crippen LogP contribution in [0.15, 0.2) is 60.7 Å². The first kappa shape index (κ1) is 23.0. The minimum absolute atomic E-state index is 0.191. The van der Waals surface area contributed by atoms with Gasteiger partial charge < -0.3 is 14.8 Å². The molecular formula is C23H22F3N3O3. The smallest absolute Gasteiger partial charge is 0.419 e. The zero-order valence-corrected chi connectivity index (χ0v) is 17.4. The molecule has 0 radical (unpaired) electrons. The summed E-state index contributed by atoms with van der Waals surface area (Å²) in [4.78, 5) is 11.6. The molecule has 0 heterocycles. The molecule has 32 heavy (non-hydrogen) atoms. The number of methoxy groups -OCH3 is 1. The molecule has 0 aromatic heterocycles. The van der Waals surface area contributed by atoms with Gasteiger partial charge in [-0.15, -0.1) is 0 Å². The van der Waals surface area contributed by atoms with Crippen molar-refractivity contribution >= 4 is 11.7 Å². The van der Waals surface area contributed by atoms with Crippen molar-refractivity contribution in [2.75, 3.05) is 12.4 Å². The van der Waals surface area contributed by atoms with Crippen LogP contribution in [0.3, 0.4) is 0 Å². The second-order valence-electron chi connectivity index (χ2n) is 6.90. The average molecular weight is 445 g/mol. The van der Waals surface area contributed by atoms with E-state index in [1.165, 1.54) is 13.2 Å². The molecule has 2 amide bonds. The fourth-order valence-corrected chi connectivity index (χ4v) is 3.25. The largest absolute Gasteiger partial charge is 0.496 e. The molecule has 3 aromatic rings. The number of nitrogens with one attached hydrogen (secondary N) is 2.